The van der Waals surface area contributed by atoms with Crippen LogP contribution in [0.25, 0.3) is 17.0 Å². The highest BCUT2D eigenvalue weighted by molar-refractivity contribution is 6.02. The van der Waals surface area contributed by atoms with Crippen LogP contribution in [-0.4, -0.2) is 11.8 Å². The first-order chi connectivity index (χ1) is 11.6. The van der Waals surface area contributed by atoms with Crippen molar-refractivity contribution in [2.75, 3.05) is 10.6 Å². The Morgan fingerprint density at radius 3 is 2.29 bits per heavy atom. The number of amides is 2. The van der Waals surface area contributed by atoms with Crippen LogP contribution in [0.3, 0.4) is 0 Å². The second kappa shape index (κ2) is 6.83. The number of hydrogen-bond donors (Lipinski definition) is 2. The van der Waals surface area contributed by atoms with E-state index in [0.717, 1.165) is 11.0 Å². The van der Waals surface area contributed by atoms with Crippen LogP contribution in [0.5, 0.6) is 0 Å². The Labute approximate surface area is 139 Å². The van der Waals surface area contributed by atoms with E-state index in [-0.39, 0.29) is 11.8 Å². The van der Waals surface area contributed by atoms with Crippen molar-refractivity contribution in [3.05, 3.63) is 66.4 Å². The summed E-state index contributed by atoms with van der Waals surface area (Å²) in [6.07, 6.45) is 3.04. The number of para-hydroxylation sites is 1. The summed E-state index contributed by atoms with van der Waals surface area (Å²) in [6, 6.07) is 16.4. The molecule has 0 atom stereocenters. The van der Waals surface area contributed by atoms with E-state index >= 15 is 0 Å². The number of anilines is 2. The monoisotopic (exact) mass is 320 g/mol. The minimum Gasteiger partial charge on any atom is -0.457 e. The lowest BCUT2D eigenvalue weighted by Gasteiger charge is -2.04. The van der Waals surface area contributed by atoms with E-state index in [4.69, 9.17) is 4.42 Å². The van der Waals surface area contributed by atoms with E-state index in [1.165, 1.54) is 13.0 Å². The lowest BCUT2D eigenvalue weighted by atomic mass is 10.2. The normalized spacial score (nSPS) is 10.9. The SMILES string of the molecule is CC(=O)Nc1ccc(NC(=O)/C=C/c2cc3ccccc3o2)cc1. The predicted molar refractivity (Wildman–Crippen MR) is 94.6 cm³/mol. The summed E-state index contributed by atoms with van der Waals surface area (Å²) < 4.78 is 5.61. The number of carbonyl (C=O) groups excluding carboxylic acids is 2. The molecular formula is C19H16N2O3. The van der Waals surface area contributed by atoms with Gasteiger partial charge in [-0.15, -0.1) is 0 Å². The third-order valence-corrected chi connectivity index (χ3v) is 3.32. The fourth-order valence-electron chi connectivity index (χ4n) is 2.27. The number of nitrogens with one attached hydrogen (secondary N) is 2. The molecule has 0 fully saturated rings. The molecule has 2 N–H and O–H groups in total. The molecular weight excluding hydrogens is 304 g/mol. The maximum absolute atomic E-state index is 12.0. The van der Waals surface area contributed by atoms with Crippen LogP contribution in [0.4, 0.5) is 11.4 Å². The highest BCUT2D eigenvalue weighted by Crippen LogP contribution is 2.19. The summed E-state index contributed by atoms with van der Waals surface area (Å²) in [5.74, 6) is 0.218. The van der Waals surface area contributed by atoms with Gasteiger partial charge in [0.05, 0.1) is 0 Å². The van der Waals surface area contributed by atoms with Crippen molar-refractivity contribution >= 4 is 40.2 Å². The van der Waals surface area contributed by atoms with Crippen LogP contribution in [0.2, 0.25) is 0 Å². The average Bonchev–Trinajstić information content (AvgIpc) is 2.97. The van der Waals surface area contributed by atoms with E-state index in [1.54, 1.807) is 30.3 Å². The molecule has 5 nitrogen and oxygen atoms in total. The molecule has 2 amide bonds. The predicted octanol–water partition coefficient (Wildman–Crippen LogP) is 4.04. The van der Waals surface area contributed by atoms with Gasteiger partial charge in [0.25, 0.3) is 0 Å². The van der Waals surface area contributed by atoms with Crippen LogP contribution in [0.1, 0.15) is 12.7 Å². The Kier molecular flexibility index (Phi) is 4.43. The first-order valence-corrected chi connectivity index (χ1v) is 7.45. The molecule has 0 spiro atoms. The molecule has 0 saturated carbocycles. The minimum absolute atomic E-state index is 0.138. The zero-order chi connectivity index (χ0) is 16.9. The molecule has 0 aliphatic rings. The van der Waals surface area contributed by atoms with Crippen molar-refractivity contribution in [3.8, 4) is 0 Å². The summed E-state index contributed by atoms with van der Waals surface area (Å²) >= 11 is 0. The Morgan fingerprint density at radius 2 is 1.62 bits per heavy atom. The van der Waals surface area contributed by atoms with Crippen molar-refractivity contribution in [2.45, 2.75) is 6.92 Å². The molecule has 0 aliphatic heterocycles. The molecule has 0 aliphatic carbocycles. The lowest BCUT2D eigenvalue weighted by Crippen LogP contribution is -2.08. The van der Waals surface area contributed by atoms with Crippen molar-refractivity contribution < 1.29 is 14.0 Å². The third kappa shape index (κ3) is 3.89. The van der Waals surface area contributed by atoms with Gasteiger partial charge in [0.2, 0.25) is 11.8 Å². The van der Waals surface area contributed by atoms with Gasteiger partial charge in [-0.2, -0.15) is 0 Å². The maximum atomic E-state index is 12.0. The van der Waals surface area contributed by atoms with Gasteiger partial charge in [-0.3, -0.25) is 9.59 Å². The molecule has 3 aromatic rings. The van der Waals surface area contributed by atoms with Gasteiger partial charge in [-0.25, -0.2) is 0 Å². The van der Waals surface area contributed by atoms with E-state index in [2.05, 4.69) is 10.6 Å². The molecule has 2 aromatic carbocycles. The molecule has 24 heavy (non-hydrogen) atoms. The molecule has 5 heteroatoms. The van der Waals surface area contributed by atoms with Gasteiger partial charge in [-0.1, -0.05) is 18.2 Å². The summed E-state index contributed by atoms with van der Waals surface area (Å²) in [6.45, 7) is 1.44. The fraction of sp³-hybridized carbons (Fsp3) is 0.0526. The molecule has 3 rings (SSSR count). The van der Waals surface area contributed by atoms with Gasteiger partial charge in [-0.05, 0) is 42.5 Å². The Balaban J connectivity index is 1.63. The quantitative estimate of drug-likeness (QED) is 0.713. The number of benzene rings is 2. The summed E-state index contributed by atoms with van der Waals surface area (Å²) in [5, 5.41) is 6.40. The molecule has 0 saturated heterocycles. The molecule has 1 aromatic heterocycles. The van der Waals surface area contributed by atoms with Gasteiger partial charge >= 0.3 is 0 Å². The first-order valence-electron chi connectivity index (χ1n) is 7.45. The lowest BCUT2D eigenvalue weighted by molar-refractivity contribution is -0.114. The van der Waals surface area contributed by atoms with E-state index in [9.17, 15) is 9.59 Å². The Hall–Kier alpha value is -3.34. The second-order valence-electron chi connectivity index (χ2n) is 5.27. The number of hydrogen-bond acceptors (Lipinski definition) is 3. The van der Waals surface area contributed by atoms with Crippen molar-refractivity contribution in [1.29, 1.82) is 0 Å². The van der Waals surface area contributed by atoms with Gasteiger partial charge in [0, 0.05) is 29.8 Å². The molecule has 120 valence electrons. The zero-order valence-corrected chi connectivity index (χ0v) is 13.1. The van der Waals surface area contributed by atoms with Crippen molar-refractivity contribution in [1.82, 2.24) is 0 Å². The minimum atomic E-state index is -0.261. The Morgan fingerprint density at radius 1 is 0.958 bits per heavy atom. The second-order valence-corrected chi connectivity index (χ2v) is 5.27. The van der Waals surface area contributed by atoms with Crippen LogP contribution < -0.4 is 10.6 Å². The van der Waals surface area contributed by atoms with E-state index < -0.39 is 0 Å². The summed E-state index contributed by atoms with van der Waals surface area (Å²) in [4.78, 5) is 22.9. The average molecular weight is 320 g/mol. The topological polar surface area (TPSA) is 71.3 Å². The molecule has 0 bridgehead atoms. The standard InChI is InChI=1S/C19H16N2O3/c1-13(22)20-15-6-8-16(9-7-15)21-19(23)11-10-17-12-14-4-2-3-5-18(14)24-17/h2-12H,1H3,(H,20,22)(H,21,23)/b11-10+. The van der Waals surface area contributed by atoms with Crippen LogP contribution in [0, 0.1) is 0 Å². The van der Waals surface area contributed by atoms with Crippen LogP contribution in [0.15, 0.2) is 65.1 Å². The highest BCUT2D eigenvalue weighted by atomic mass is 16.3. The number of rotatable bonds is 4. The van der Waals surface area contributed by atoms with Crippen LogP contribution >= 0.6 is 0 Å². The smallest absolute Gasteiger partial charge is 0.248 e. The zero-order valence-electron chi connectivity index (χ0n) is 13.1. The Bertz CT molecular complexity index is 875. The van der Waals surface area contributed by atoms with E-state index in [0.29, 0.717) is 17.1 Å². The maximum Gasteiger partial charge on any atom is 0.248 e. The van der Waals surface area contributed by atoms with E-state index in [1.807, 2.05) is 30.3 Å². The third-order valence-electron chi connectivity index (χ3n) is 3.32. The van der Waals surface area contributed by atoms with Gasteiger partial charge in [0.1, 0.15) is 11.3 Å². The van der Waals surface area contributed by atoms with Crippen molar-refractivity contribution in [2.24, 2.45) is 0 Å². The first kappa shape index (κ1) is 15.6. The van der Waals surface area contributed by atoms with Crippen molar-refractivity contribution in [3.63, 3.8) is 0 Å². The number of fused-ring (bicyclic) bond motifs is 1. The molecule has 0 radical (unpaired) electrons. The summed E-state index contributed by atoms with van der Waals surface area (Å²) in [7, 11) is 0. The molecule has 0 unspecified atom stereocenters. The highest BCUT2D eigenvalue weighted by Gasteiger charge is 2.02. The summed E-state index contributed by atoms with van der Waals surface area (Å²) in [5.41, 5.74) is 2.10. The number of furan rings is 1. The van der Waals surface area contributed by atoms with Gasteiger partial charge < -0.3 is 15.1 Å². The molecule has 1 heterocycles. The fourth-order valence-corrected chi connectivity index (χ4v) is 2.27. The van der Waals surface area contributed by atoms with Gasteiger partial charge in [0.15, 0.2) is 0 Å². The largest absolute Gasteiger partial charge is 0.457 e. The number of carbonyl (C=O) groups is 2. The van der Waals surface area contributed by atoms with Crippen LogP contribution in [-0.2, 0) is 9.59 Å².